The molecule has 1 heterocycles. The first kappa shape index (κ1) is 8.37. The quantitative estimate of drug-likeness (QED) is 0.788. The first-order chi connectivity index (χ1) is 5.72. The van der Waals surface area contributed by atoms with Gasteiger partial charge in [-0.05, 0) is 41.9 Å². The van der Waals surface area contributed by atoms with Gasteiger partial charge in [-0.1, -0.05) is 0 Å². The molecule has 0 saturated heterocycles. The zero-order valence-corrected chi connectivity index (χ0v) is 8.78. The Hall–Kier alpha value is -0.230. The van der Waals surface area contributed by atoms with Gasteiger partial charge in [0, 0.05) is 6.20 Å². The zero-order valence-electron chi connectivity index (χ0n) is 6.63. The molecule has 2 N–H and O–H groups in total. The number of nitrogens with zero attached hydrogens (tertiary/aromatic N) is 2. The molecule has 1 aliphatic rings. The summed E-state index contributed by atoms with van der Waals surface area (Å²) in [6, 6.07) is 0. The van der Waals surface area contributed by atoms with Gasteiger partial charge in [-0.3, -0.25) is 0 Å². The van der Waals surface area contributed by atoms with Crippen LogP contribution in [0.2, 0.25) is 0 Å². The molecule has 3 nitrogen and oxygen atoms in total. The average molecular weight is 275 g/mol. The van der Waals surface area contributed by atoms with Crippen LogP contribution in [0.1, 0.15) is 25.0 Å². The highest BCUT2D eigenvalue weighted by Crippen LogP contribution is 2.38. The summed E-state index contributed by atoms with van der Waals surface area (Å²) in [6.45, 7) is 0. The van der Waals surface area contributed by atoms with Gasteiger partial charge in [0.15, 0.2) is 0 Å². The van der Waals surface area contributed by atoms with Crippen LogP contribution in [-0.2, 0) is 5.54 Å². The van der Waals surface area contributed by atoms with Crippen molar-refractivity contribution in [2.75, 3.05) is 0 Å². The van der Waals surface area contributed by atoms with Crippen LogP contribution in [0, 0.1) is 3.57 Å². The minimum Gasteiger partial charge on any atom is -0.320 e. The van der Waals surface area contributed by atoms with Crippen LogP contribution in [-0.4, -0.2) is 9.97 Å². The molecule has 0 aliphatic heterocycles. The molecule has 1 saturated carbocycles. The minimum atomic E-state index is -0.153. The molecule has 0 amide bonds. The maximum absolute atomic E-state index is 6.13. The van der Waals surface area contributed by atoms with Gasteiger partial charge in [0.25, 0.3) is 0 Å². The summed E-state index contributed by atoms with van der Waals surface area (Å²) >= 11 is 2.24. The Morgan fingerprint density at radius 2 is 2.25 bits per heavy atom. The molecule has 1 aromatic heterocycles. The predicted octanol–water partition coefficient (Wildman–Crippen LogP) is 1.42. The third kappa shape index (κ3) is 1.22. The Morgan fingerprint density at radius 3 is 2.75 bits per heavy atom. The molecule has 1 fully saturated rings. The zero-order chi connectivity index (χ0) is 8.60. The van der Waals surface area contributed by atoms with Crippen molar-refractivity contribution in [2.45, 2.75) is 24.8 Å². The van der Waals surface area contributed by atoms with Crippen LogP contribution < -0.4 is 5.73 Å². The van der Waals surface area contributed by atoms with E-state index in [1.165, 1.54) is 6.42 Å². The Bertz CT molecular complexity index is 296. The third-order valence-electron chi connectivity index (χ3n) is 2.38. The van der Waals surface area contributed by atoms with Gasteiger partial charge in [-0.2, -0.15) is 0 Å². The summed E-state index contributed by atoms with van der Waals surface area (Å²) in [5.41, 5.74) is 6.99. The van der Waals surface area contributed by atoms with Gasteiger partial charge in [0.05, 0.1) is 14.8 Å². The van der Waals surface area contributed by atoms with Crippen LogP contribution in [0.15, 0.2) is 12.5 Å². The number of hydrogen-bond donors (Lipinski definition) is 1. The van der Waals surface area contributed by atoms with E-state index in [4.69, 9.17) is 5.73 Å². The Kier molecular flexibility index (Phi) is 2.04. The standard InChI is InChI=1S/C8H10IN3/c9-6-4-11-5-12-7(6)8(10)2-1-3-8/h4-5H,1-3,10H2. The molecular formula is C8H10IN3. The summed E-state index contributed by atoms with van der Waals surface area (Å²) in [6.07, 6.45) is 6.72. The van der Waals surface area contributed by atoms with Crippen molar-refractivity contribution in [3.05, 3.63) is 21.8 Å². The van der Waals surface area contributed by atoms with Gasteiger partial charge in [-0.25, -0.2) is 9.97 Å². The molecule has 0 unspecified atom stereocenters. The molecule has 0 atom stereocenters. The normalized spacial score (nSPS) is 20.2. The number of aromatic nitrogens is 2. The van der Waals surface area contributed by atoms with E-state index in [2.05, 4.69) is 32.6 Å². The summed E-state index contributed by atoms with van der Waals surface area (Å²) in [5, 5.41) is 0. The van der Waals surface area contributed by atoms with E-state index < -0.39 is 0 Å². The van der Waals surface area contributed by atoms with E-state index >= 15 is 0 Å². The molecular weight excluding hydrogens is 265 g/mol. The van der Waals surface area contributed by atoms with Gasteiger partial charge in [0.2, 0.25) is 0 Å². The molecule has 1 aliphatic carbocycles. The van der Waals surface area contributed by atoms with Gasteiger partial charge in [-0.15, -0.1) is 0 Å². The number of nitrogens with two attached hydrogens (primary N) is 1. The smallest absolute Gasteiger partial charge is 0.115 e. The summed E-state index contributed by atoms with van der Waals surface area (Å²) in [4.78, 5) is 8.17. The molecule has 0 bridgehead atoms. The van der Waals surface area contributed by atoms with Crippen molar-refractivity contribution in [1.82, 2.24) is 9.97 Å². The van der Waals surface area contributed by atoms with Gasteiger partial charge < -0.3 is 5.73 Å². The molecule has 0 aromatic carbocycles. The van der Waals surface area contributed by atoms with Gasteiger partial charge >= 0.3 is 0 Å². The van der Waals surface area contributed by atoms with Crippen molar-refractivity contribution >= 4 is 22.6 Å². The Labute approximate surface area is 84.9 Å². The number of halogens is 1. The highest BCUT2D eigenvalue weighted by Gasteiger charge is 2.37. The van der Waals surface area contributed by atoms with Crippen molar-refractivity contribution in [2.24, 2.45) is 5.73 Å². The van der Waals surface area contributed by atoms with Crippen molar-refractivity contribution in [3.8, 4) is 0 Å². The first-order valence-electron chi connectivity index (χ1n) is 3.97. The molecule has 0 spiro atoms. The van der Waals surface area contributed by atoms with E-state index in [1.807, 2.05) is 6.20 Å². The fourth-order valence-electron chi connectivity index (χ4n) is 1.47. The lowest BCUT2D eigenvalue weighted by atomic mass is 9.75. The van der Waals surface area contributed by atoms with E-state index in [0.29, 0.717) is 0 Å². The summed E-state index contributed by atoms with van der Waals surface area (Å²) in [5.74, 6) is 0. The molecule has 12 heavy (non-hydrogen) atoms. The lowest BCUT2D eigenvalue weighted by molar-refractivity contribution is 0.244. The Balaban J connectivity index is 2.39. The Morgan fingerprint density at radius 1 is 1.50 bits per heavy atom. The fourth-order valence-corrected chi connectivity index (χ4v) is 2.31. The molecule has 1 aromatic rings. The number of rotatable bonds is 1. The van der Waals surface area contributed by atoms with Crippen molar-refractivity contribution in [1.29, 1.82) is 0 Å². The molecule has 64 valence electrons. The second kappa shape index (κ2) is 2.92. The van der Waals surface area contributed by atoms with Crippen LogP contribution in [0.4, 0.5) is 0 Å². The van der Waals surface area contributed by atoms with Crippen LogP contribution in [0.25, 0.3) is 0 Å². The van der Waals surface area contributed by atoms with Crippen LogP contribution in [0.3, 0.4) is 0 Å². The first-order valence-corrected chi connectivity index (χ1v) is 5.05. The average Bonchev–Trinajstić information content (AvgIpc) is 2.01. The van der Waals surface area contributed by atoms with E-state index in [1.54, 1.807) is 6.33 Å². The predicted molar refractivity (Wildman–Crippen MR) is 54.5 cm³/mol. The fraction of sp³-hybridized carbons (Fsp3) is 0.500. The van der Waals surface area contributed by atoms with Crippen molar-refractivity contribution < 1.29 is 0 Å². The molecule has 2 rings (SSSR count). The second-order valence-corrected chi connectivity index (χ2v) is 4.39. The lowest BCUT2D eigenvalue weighted by Crippen LogP contribution is -2.44. The monoisotopic (exact) mass is 275 g/mol. The summed E-state index contributed by atoms with van der Waals surface area (Å²) in [7, 11) is 0. The van der Waals surface area contributed by atoms with Crippen molar-refractivity contribution in [3.63, 3.8) is 0 Å². The highest BCUT2D eigenvalue weighted by atomic mass is 127. The van der Waals surface area contributed by atoms with E-state index in [-0.39, 0.29) is 5.54 Å². The lowest BCUT2D eigenvalue weighted by Gasteiger charge is -2.37. The van der Waals surface area contributed by atoms with Gasteiger partial charge in [0.1, 0.15) is 6.33 Å². The van der Waals surface area contributed by atoms with Crippen LogP contribution in [0.5, 0.6) is 0 Å². The molecule has 0 radical (unpaired) electrons. The second-order valence-electron chi connectivity index (χ2n) is 3.23. The maximum atomic E-state index is 6.13. The SMILES string of the molecule is NC1(c2ncncc2I)CCC1. The highest BCUT2D eigenvalue weighted by molar-refractivity contribution is 14.1. The largest absolute Gasteiger partial charge is 0.320 e. The summed E-state index contributed by atoms with van der Waals surface area (Å²) < 4.78 is 1.08. The topological polar surface area (TPSA) is 51.8 Å². The van der Waals surface area contributed by atoms with E-state index in [9.17, 15) is 0 Å². The maximum Gasteiger partial charge on any atom is 0.115 e. The van der Waals surface area contributed by atoms with E-state index in [0.717, 1.165) is 22.1 Å². The molecule has 4 heteroatoms. The number of hydrogen-bond acceptors (Lipinski definition) is 3. The van der Waals surface area contributed by atoms with Crippen LogP contribution >= 0.6 is 22.6 Å². The third-order valence-corrected chi connectivity index (χ3v) is 3.17. The minimum absolute atomic E-state index is 0.153.